The highest BCUT2D eigenvalue weighted by Crippen LogP contribution is 2.24. The van der Waals surface area contributed by atoms with Crippen molar-refractivity contribution in [3.63, 3.8) is 0 Å². The van der Waals surface area contributed by atoms with Gasteiger partial charge in [-0.05, 0) is 38.5 Å². The van der Waals surface area contributed by atoms with Gasteiger partial charge in [0.1, 0.15) is 5.78 Å². The standard InChI is InChI=1S/C14H26O2/c1-12-8-7-11-16-14(12)10-6-4-3-5-9-13(2)15/h12,14H,3-11H2,1-2H3. The lowest BCUT2D eigenvalue weighted by Crippen LogP contribution is -2.27. The van der Waals surface area contributed by atoms with E-state index in [4.69, 9.17) is 4.74 Å². The Morgan fingerprint density at radius 1 is 1.25 bits per heavy atom. The van der Waals surface area contributed by atoms with Gasteiger partial charge in [-0.2, -0.15) is 0 Å². The molecular weight excluding hydrogens is 200 g/mol. The van der Waals surface area contributed by atoms with Gasteiger partial charge in [-0.25, -0.2) is 0 Å². The number of carbonyl (C=O) groups is 1. The molecule has 94 valence electrons. The molecule has 0 spiro atoms. The molecular formula is C14H26O2. The number of ketones is 1. The molecule has 2 nitrogen and oxygen atoms in total. The van der Waals surface area contributed by atoms with Gasteiger partial charge in [0.15, 0.2) is 0 Å². The highest BCUT2D eigenvalue weighted by Gasteiger charge is 2.20. The summed E-state index contributed by atoms with van der Waals surface area (Å²) in [4.78, 5) is 10.7. The third-order valence-corrected chi connectivity index (χ3v) is 3.54. The Morgan fingerprint density at radius 3 is 2.69 bits per heavy atom. The predicted octanol–water partition coefficient (Wildman–Crippen LogP) is 3.73. The van der Waals surface area contributed by atoms with Crippen LogP contribution in [0.15, 0.2) is 0 Å². The minimum Gasteiger partial charge on any atom is -0.378 e. The third-order valence-electron chi connectivity index (χ3n) is 3.54. The molecule has 2 atom stereocenters. The lowest BCUT2D eigenvalue weighted by molar-refractivity contribution is -0.117. The van der Waals surface area contributed by atoms with Crippen molar-refractivity contribution < 1.29 is 9.53 Å². The van der Waals surface area contributed by atoms with Crippen LogP contribution in [0.4, 0.5) is 0 Å². The molecule has 1 aliphatic heterocycles. The zero-order chi connectivity index (χ0) is 11.8. The molecule has 0 aromatic carbocycles. The van der Waals surface area contributed by atoms with Crippen LogP contribution in [0.3, 0.4) is 0 Å². The summed E-state index contributed by atoms with van der Waals surface area (Å²) in [5.74, 6) is 1.07. The van der Waals surface area contributed by atoms with Gasteiger partial charge in [0, 0.05) is 13.0 Å². The molecule has 0 saturated carbocycles. The molecule has 1 aliphatic rings. The summed E-state index contributed by atoms with van der Waals surface area (Å²) < 4.78 is 5.78. The van der Waals surface area contributed by atoms with Crippen LogP contribution in [0.25, 0.3) is 0 Å². The van der Waals surface area contributed by atoms with Gasteiger partial charge in [-0.15, -0.1) is 0 Å². The zero-order valence-electron chi connectivity index (χ0n) is 10.8. The van der Waals surface area contributed by atoms with Gasteiger partial charge >= 0.3 is 0 Å². The predicted molar refractivity (Wildman–Crippen MR) is 66.5 cm³/mol. The maximum Gasteiger partial charge on any atom is 0.129 e. The van der Waals surface area contributed by atoms with Crippen LogP contribution in [0.2, 0.25) is 0 Å². The zero-order valence-corrected chi connectivity index (χ0v) is 10.8. The highest BCUT2D eigenvalue weighted by atomic mass is 16.5. The van der Waals surface area contributed by atoms with E-state index in [0.717, 1.165) is 25.4 Å². The first-order valence-corrected chi connectivity index (χ1v) is 6.81. The number of hydrogen-bond donors (Lipinski definition) is 0. The molecule has 1 rings (SSSR count). The van der Waals surface area contributed by atoms with Crippen molar-refractivity contribution in [1.29, 1.82) is 0 Å². The van der Waals surface area contributed by atoms with E-state index in [0.29, 0.717) is 11.9 Å². The molecule has 0 aromatic rings. The smallest absolute Gasteiger partial charge is 0.129 e. The average Bonchev–Trinajstić information content (AvgIpc) is 2.25. The van der Waals surface area contributed by atoms with Crippen LogP contribution < -0.4 is 0 Å². The fourth-order valence-corrected chi connectivity index (χ4v) is 2.43. The second kappa shape index (κ2) is 7.83. The molecule has 0 aliphatic carbocycles. The Balaban J connectivity index is 1.95. The number of rotatable bonds is 7. The molecule has 0 radical (unpaired) electrons. The van der Waals surface area contributed by atoms with Crippen molar-refractivity contribution in [2.45, 2.75) is 71.3 Å². The first-order chi connectivity index (χ1) is 7.70. The van der Waals surface area contributed by atoms with E-state index in [9.17, 15) is 4.79 Å². The lowest BCUT2D eigenvalue weighted by Gasteiger charge is -2.29. The largest absolute Gasteiger partial charge is 0.378 e. The minimum atomic E-state index is 0.323. The van der Waals surface area contributed by atoms with Gasteiger partial charge in [0.05, 0.1) is 6.10 Å². The lowest BCUT2D eigenvalue weighted by atomic mass is 9.92. The average molecular weight is 226 g/mol. The Labute approximate surface area is 99.8 Å². The summed E-state index contributed by atoms with van der Waals surface area (Å²) in [7, 11) is 0. The highest BCUT2D eigenvalue weighted by molar-refractivity contribution is 5.75. The van der Waals surface area contributed by atoms with Gasteiger partial charge in [0.2, 0.25) is 0 Å². The Hall–Kier alpha value is -0.370. The fourth-order valence-electron chi connectivity index (χ4n) is 2.43. The first-order valence-electron chi connectivity index (χ1n) is 6.81. The molecule has 1 heterocycles. The Morgan fingerprint density at radius 2 is 2.00 bits per heavy atom. The minimum absolute atomic E-state index is 0.323. The summed E-state index contributed by atoms with van der Waals surface area (Å²) in [6.45, 7) is 4.94. The normalized spacial score (nSPS) is 25.6. The van der Waals surface area contributed by atoms with Gasteiger partial charge in [0.25, 0.3) is 0 Å². The van der Waals surface area contributed by atoms with E-state index in [1.807, 2.05) is 0 Å². The Kier molecular flexibility index (Phi) is 6.70. The maximum atomic E-state index is 10.7. The number of Topliss-reactive ketones (excluding diaryl/α,β-unsaturated/α-hetero) is 1. The van der Waals surface area contributed by atoms with Crippen LogP contribution in [0, 0.1) is 5.92 Å². The van der Waals surface area contributed by atoms with E-state index in [1.165, 1.54) is 38.5 Å². The monoisotopic (exact) mass is 226 g/mol. The molecule has 0 N–H and O–H groups in total. The van der Waals surface area contributed by atoms with Gasteiger partial charge in [-0.3, -0.25) is 0 Å². The maximum absolute atomic E-state index is 10.7. The fraction of sp³-hybridized carbons (Fsp3) is 0.929. The number of unbranched alkanes of at least 4 members (excludes halogenated alkanes) is 3. The number of carbonyl (C=O) groups excluding carboxylic acids is 1. The van der Waals surface area contributed by atoms with Crippen molar-refractivity contribution in [2.24, 2.45) is 5.92 Å². The van der Waals surface area contributed by atoms with Gasteiger partial charge in [-0.1, -0.05) is 26.2 Å². The molecule has 1 saturated heterocycles. The van der Waals surface area contributed by atoms with E-state index >= 15 is 0 Å². The molecule has 0 aromatic heterocycles. The molecule has 1 fully saturated rings. The second-order valence-corrected chi connectivity index (χ2v) is 5.18. The SMILES string of the molecule is CC(=O)CCCCCCC1OCCCC1C. The van der Waals surface area contributed by atoms with Crippen molar-refractivity contribution in [2.75, 3.05) is 6.61 Å². The summed E-state index contributed by atoms with van der Waals surface area (Å²) in [6, 6.07) is 0. The first kappa shape index (κ1) is 13.7. The topological polar surface area (TPSA) is 26.3 Å². The van der Waals surface area contributed by atoms with Crippen LogP contribution in [0.1, 0.15) is 65.2 Å². The van der Waals surface area contributed by atoms with Crippen molar-refractivity contribution >= 4 is 5.78 Å². The van der Waals surface area contributed by atoms with Crippen LogP contribution in [-0.2, 0) is 9.53 Å². The van der Waals surface area contributed by atoms with Crippen LogP contribution in [-0.4, -0.2) is 18.5 Å². The molecule has 16 heavy (non-hydrogen) atoms. The van der Waals surface area contributed by atoms with Crippen molar-refractivity contribution in [3.8, 4) is 0 Å². The molecule has 2 heteroatoms. The number of hydrogen-bond acceptors (Lipinski definition) is 2. The van der Waals surface area contributed by atoms with E-state index in [-0.39, 0.29) is 0 Å². The van der Waals surface area contributed by atoms with E-state index in [2.05, 4.69) is 6.92 Å². The summed E-state index contributed by atoms with van der Waals surface area (Å²) in [6.07, 6.45) is 9.80. The van der Waals surface area contributed by atoms with E-state index in [1.54, 1.807) is 6.92 Å². The second-order valence-electron chi connectivity index (χ2n) is 5.18. The van der Waals surface area contributed by atoms with Gasteiger partial charge < -0.3 is 9.53 Å². The third kappa shape index (κ3) is 5.64. The van der Waals surface area contributed by atoms with Crippen molar-refractivity contribution in [1.82, 2.24) is 0 Å². The molecule has 0 bridgehead atoms. The summed E-state index contributed by atoms with van der Waals surface area (Å²) >= 11 is 0. The van der Waals surface area contributed by atoms with Crippen LogP contribution >= 0.6 is 0 Å². The quantitative estimate of drug-likeness (QED) is 0.618. The molecule has 2 unspecified atom stereocenters. The van der Waals surface area contributed by atoms with Crippen molar-refractivity contribution in [3.05, 3.63) is 0 Å². The summed E-state index contributed by atoms with van der Waals surface area (Å²) in [5.41, 5.74) is 0. The summed E-state index contributed by atoms with van der Waals surface area (Å²) in [5, 5.41) is 0. The number of ether oxygens (including phenoxy) is 1. The Bertz CT molecular complexity index is 201. The van der Waals surface area contributed by atoms with Crippen LogP contribution in [0.5, 0.6) is 0 Å². The van der Waals surface area contributed by atoms with E-state index < -0.39 is 0 Å². The molecule has 0 amide bonds.